The van der Waals surface area contributed by atoms with Crippen molar-refractivity contribution in [1.82, 2.24) is 9.80 Å². The summed E-state index contributed by atoms with van der Waals surface area (Å²) in [6.07, 6.45) is 0. The van der Waals surface area contributed by atoms with E-state index in [4.69, 9.17) is 4.74 Å². The molecule has 114 valence electrons. The maximum atomic E-state index is 12.3. The molecule has 0 N–H and O–H groups in total. The highest BCUT2D eigenvalue weighted by molar-refractivity contribution is 8.13. The summed E-state index contributed by atoms with van der Waals surface area (Å²) in [6, 6.07) is 7.54. The zero-order chi connectivity index (χ0) is 15.4. The first-order chi connectivity index (χ1) is 10.0. The van der Waals surface area contributed by atoms with Gasteiger partial charge < -0.3 is 14.5 Å². The minimum atomic E-state index is -0.112. The molecule has 1 aliphatic rings. The fraction of sp³-hybridized carbons (Fsp3) is 0.467. The Bertz CT molecular complexity index is 535. The third-order valence-electron chi connectivity index (χ3n) is 3.73. The number of amides is 2. The van der Waals surface area contributed by atoms with Gasteiger partial charge in [0.15, 0.2) is 0 Å². The quantitative estimate of drug-likeness (QED) is 0.838. The van der Waals surface area contributed by atoms with E-state index < -0.39 is 0 Å². The van der Waals surface area contributed by atoms with Crippen LogP contribution in [0.1, 0.15) is 18.5 Å². The van der Waals surface area contributed by atoms with Crippen molar-refractivity contribution in [3.8, 4) is 5.75 Å². The van der Waals surface area contributed by atoms with Gasteiger partial charge in [-0.25, -0.2) is 0 Å². The average molecular weight is 308 g/mol. The van der Waals surface area contributed by atoms with Crippen LogP contribution >= 0.6 is 11.8 Å². The number of methoxy groups -OCH3 is 1. The first-order valence-electron chi connectivity index (χ1n) is 6.85. The number of ether oxygens (including phenoxy) is 1. The second kappa shape index (κ2) is 6.85. The summed E-state index contributed by atoms with van der Waals surface area (Å²) in [4.78, 5) is 27.2. The molecule has 0 saturated carbocycles. The van der Waals surface area contributed by atoms with E-state index in [2.05, 4.69) is 0 Å². The number of carbonyl (C=O) groups excluding carboxylic acids is 2. The van der Waals surface area contributed by atoms with Crippen molar-refractivity contribution >= 4 is 22.9 Å². The minimum absolute atomic E-state index is 0.0123. The van der Waals surface area contributed by atoms with Crippen molar-refractivity contribution in [2.24, 2.45) is 0 Å². The molecule has 5 nitrogen and oxygen atoms in total. The molecule has 0 unspecified atom stereocenters. The van der Waals surface area contributed by atoms with Crippen LogP contribution in [0, 0.1) is 0 Å². The SMILES string of the molecule is COc1ccccc1[C@@H](C)N(C)C(=O)CN1CCSC1=O. The van der Waals surface area contributed by atoms with E-state index in [1.54, 1.807) is 24.0 Å². The first kappa shape index (κ1) is 15.7. The highest BCUT2D eigenvalue weighted by atomic mass is 32.2. The van der Waals surface area contributed by atoms with Crippen LogP contribution in [0.4, 0.5) is 4.79 Å². The zero-order valence-corrected chi connectivity index (χ0v) is 13.4. The average Bonchev–Trinajstić information content (AvgIpc) is 2.90. The summed E-state index contributed by atoms with van der Waals surface area (Å²) < 4.78 is 5.34. The van der Waals surface area contributed by atoms with E-state index in [-0.39, 0.29) is 23.7 Å². The number of likely N-dealkylation sites (N-methyl/N-ethyl adjacent to an activating group) is 1. The number of hydrogen-bond acceptors (Lipinski definition) is 4. The molecule has 0 spiro atoms. The molecular weight excluding hydrogens is 288 g/mol. The lowest BCUT2D eigenvalue weighted by atomic mass is 10.1. The molecule has 1 aliphatic heterocycles. The van der Waals surface area contributed by atoms with Crippen LogP contribution in [0.25, 0.3) is 0 Å². The predicted octanol–water partition coefficient (Wildman–Crippen LogP) is 2.38. The van der Waals surface area contributed by atoms with E-state index in [9.17, 15) is 9.59 Å². The highest BCUT2D eigenvalue weighted by Crippen LogP contribution is 2.28. The zero-order valence-electron chi connectivity index (χ0n) is 12.5. The molecule has 1 saturated heterocycles. The number of nitrogens with zero attached hydrogens (tertiary/aromatic N) is 2. The molecule has 1 fully saturated rings. The molecule has 2 rings (SSSR count). The van der Waals surface area contributed by atoms with Crippen molar-refractivity contribution in [1.29, 1.82) is 0 Å². The molecular formula is C15H20N2O3S. The van der Waals surface area contributed by atoms with Gasteiger partial charge in [-0.15, -0.1) is 0 Å². The van der Waals surface area contributed by atoms with Crippen molar-refractivity contribution < 1.29 is 14.3 Å². The van der Waals surface area contributed by atoms with Gasteiger partial charge in [-0.05, 0) is 13.0 Å². The van der Waals surface area contributed by atoms with Crippen LogP contribution in [0.3, 0.4) is 0 Å². The molecule has 2 amide bonds. The Balaban J connectivity index is 2.06. The number of thioether (sulfide) groups is 1. The van der Waals surface area contributed by atoms with Crippen LogP contribution in [0.2, 0.25) is 0 Å². The summed E-state index contributed by atoms with van der Waals surface area (Å²) in [7, 11) is 3.38. The summed E-state index contributed by atoms with van der Waals surface area (Å²) in [5.41, 5.74) is 0.956. The second-order valence-electron chi connectivity index (χ2n) is 4.96. The van der Waals surface area contributed by atoms with Gasteiger partial charge in [0.05, 0.1) is 13.2 Å². The van der Waals surface area contributed by atoms with Crippen molar-refractivity contribution in [2.75, 3.05) is 33.0 Å². The van der Waals surface area contributed by atoms with Gasteiger partial charge in [0.25, 0.3) is 5.24 Å². The summed E-state index contributed by atoms with van der Waals surface area (Å²) in [5, 5.41) is -0.0123. The molecule has 0 aromatic heterocycles. The fourth-order valence-electron chi connectivity index (χ4n) is 2.28. The minimum Gasteiger partial charge on any atom is -0.496 e. The normalized spacial score (nSPS) is 16.0. The molecule has 0 radical (unpaired) electrons. The Morgan fingerprint density at radius 2 is 2.19 bits per heavy atom. The van der Waals surface area contributed by atoms with E-state index in [0.29, 0.717) is 6.54 Å². The Morgan fingerprint density at radius 1 is 1.48 bits per heavy atom. The Labute approximate surface area is 129 Å². The molecule has 21 heavy (non-hydrogen) atoms. The lowest BCUT2D eigenvalue weighted by molar-refractivity contribution is -0.132. The molecule has 1 heterocycles. The van der Waals surface area contributed by atoms with E-state index in [1.165, 1.54) is 11.8 Å². The van der Waals surface area contributed by atoms with Gasteiger partial charge in [-0.3, -0.25) is 9.59 Å². The van der Waals surface area contributed by atoms with Crippen molar-refractivity contribution in [3.05, 3.63) is 29.8 Å². The maximum absolute atomic E-state index is 12.3. The van der Waals surface area contributed by atoms with Gasteiger partial charge in [0.1, 0.15) is 12.3 Å². The summed E-state index contributed by atoms with van der Waals surface area (Å²) in [5.74, 6) is 1.46. The highest BCUT2D eigenvalue weighted by Gasteiger charge is 2.27. The number of carbonyl (C=O) groups is 2. The second-order valence-corrected chi connectivity index (χ2v) is 6.00. The van der Waals surface area contributed by atoms with Gasteiger partial charge in [-0.2, -0.15) is 0 Å². The van der Waals surface area contributed by atoms with Crippen LogP contribution < -0.4 is 4.74 Å². The van der Waals surface area contributed by atoms with Crippen molar-refractivity contribution in [3.63, 3.8) is 0 Å². The summed E-state index contributed by atoms with van der Waals surface area (Å²) in [6.45, 7) is 2.74. The number of hydrogen-bond donors (Lipinski definition) is 0. The predicted molar refractivity (Wildman–Crippen MR) is 83.6 cm³/mol. The van der Waals surface area contributed by atoms with Gasteiger partial charge in [0, 0.05) is 24.9 Å². The van der Waals surface area contributed by atoms with Crippen LogP contribution in [0.5, 0.6) is 5.75 Å². The Kier molecular flexibility index (Phi) is 5.12. The van der Waals surface area contributed by atoms with Gasteiger partial charge in [-0.1, -0.05) is 30.0 Å². The summed E-state index contributed by atoms with van der Waals surface area (Å²) >= 11 is 1.27. The van der Waals surface area contributed by atoms with Crippen molar-refractivity contribution in [2.45, 2.75) is 13.0 Å². The van der Waals surface area contributed by atoms with Crippen LogP contribution in [0.15, 0.2) is 24.3 Å². The van der Waals surface area contributed by atoms with E-state index >= 15 is 0 Å². The largest absolute Gasteiger partial charge is 0.496 e. The molecule has 0 bridgehead atoms. The molecule has 6 heteroatoms. The van der Waals surface area contributed by atoms with Crippen LogP contribution in [-0.4, -0.2) is 53.9 Å². The lowest BCUT2D eigenvalue weighted by Crippen LogP contribution is -2.39. The molecule has 1 aromatic carbocycles. The van der Waals surface area contributed by atoms with Crippen LogP contribution in [-0.2, 0) is 4.79 Å². The molecule has 1 atom stereocenters. The lowest BCUT2D eigenvalue weighted by Gasteiger charge is -2.28. The number of para-hydroxylation sites is 1. The van der Waals surface area contributed by atoms with E-state index in [0.717, 1.165) is 17.1 Å². The van der Waals surface area contributed by atoms with E-state index in [1.807, 2.05) is 31.2 Å². The maximum Gasteiger partial charge on any atom is 0.282 e. The Hall–Kier alpha value is -1.69. The van der Waals surface area contributed by atoms with Gasteiger partial charge in [0.2, 0.25) is 5.91 Å². The fourth-order valence-corrected chi connectivity index (χ4v) is 3.11. The number of benzene rings is 1. The third-order valence-corrected chi connectivity index (χ3v) is 4.63. The number of rotatable bonds is 5. The van der Waals surface area contributed by atoms with Gasteiger partial charge >= 0.3 is 0 Å². The third kappa shape index (κ3) is 3.50. The monoisotopic (exact) mass is 308 g/mol. The molecule has 0 aliphatic carbocycles. The smallest absolute Gasteiger partial charge is 0.282 e. The standard InChI is InChI=1S/C15H20N2O3S/c1-11(12-6-4-5-7-13(12)20-3)16(2)14(18)10-17-8-9-21-15(17)19/h4-7,11H,8-10H2,1-3H3/t11-/m1/s1. The first-order valence-corrected chi connectivity index (χ1v) is 7.83. The topological polar surface area (TPSA) is 49.9 Å². The molecule has 1 aromatic rings. The Morgan fingerprint density at radius 3 is 2.81 bits per heavy atom.